The predicted octanol–water partition coefficient (Wildman–Crippen LogP) is 2.71. The summed E-state index contributed by atoms with van der Waals surface area (Å²) in [6.45, 7) is 0. The third-order valence-corrected chi connectivity index (χ3v) is 2.68. The first kappa shape index (κ1) is 7.31. The molecule has 0 aliphatic heterocycles. The van der Waals surface area contributed by atoms with Gasteiger partial charge in [0.2, 0.25) is 0 Å². The van der Waals surface area contributed by atoms with Gasteiger partial charge >= 0.3 is 0 Å². The average molecular weight is 177 g/mol. The van der Waals surface area contributed by atoms with Gasteiger partial charge in [0.05, 0.1) is 6.21 Å². The number of benzene rings is 1. The van der Waals surface area contributed by atoms with Gasteiger partial charge < -0.3 is 5.21 Å². The van der Waals surface area contributed by atoms with E-state index < -0.39 is 0 Å². The fourth-order valence-electron chi connectivity index (χ4n) is 1.12. The fraction of sp³-hybridized carbons (Fsp3) is 0. The van der Waals surface area contributed by atoms with Crippen molar-refractivity contribution in [2.45, 2.75) is 0 Å². The molecular formula is C9H7NOS. The van der Waals surface area contributed by atoms with Crippen molar-refractivity contribution in [3.8, 4) is 0 Å². The van der Waals surface area contributed by atoms with Crippen molar-refractivity contribution in [1.82, 2.24) is 0 Å². The van der Waals surface area contributed by atoms with Crippen molar-refractivity contribution in [3.05, 3.63) is 35.2 Å². The van der Waals surface area contributed by atoms with Gasteiger partial charge in [0.25, 0.3) is 0 Å². The summed E-state index contributed by atoms with van der Waals surface area (Å²) in [7, 11) is 0. The van der Waals surface area contributed by atoms with Gasteiger partial charge in [-0.1, -0.05) is 23.4 Å². The standard InChI is InChI=1S/C9H7NOS/c11-10-6-8-5-7-3-1-2-4-9(7)12-8/h1-6,11H/b10-6-. The van der Waals surface area contributed by atoms with E-state index in [1.807, 2.05) is 24.3 Å². The molecule has 0 bridgehead atoms. The quantitative estimate of drug-likeness (QED) is 0.405. The van der Waals surface area contributed by atoms with E-state index in [0.717, 1.165) is 4.88 Å². The molecule has 0 saturated carbocycles. The minimum atomic E-state index is 0.971. The summed E-state index contributed by atoms with van der Waals surface area (Å²) < 4.78 is 1.22. The highest BCUT2D eigenvalue weighted by Gasteiger charge is 1.97. The Hall–Kier alpha value is -1.35. The number of rotatable bonds is 1. The average Bonchev–Trinajstić information content (AvgIpc) is 2.47. The SMILES string of the molecule is O/N=C\c1cc2ccccc2s1. The zero-order chi connectivity index (χ0) is 8.39. The first-order valence-electron chi connectivity index (χ1n) is 3.56. The molecule has 1 aromatic carbocycles. The molecule has 0 aliphatic carbocycles. The minimum Gasteiger partial charge on any atom is -0.411 e. The Morgan fingerprint density at radius 3 is 2.92 bits per heavy atom. The fourth-order valence-corrected chi connectivity index (χ4v) is 2.05. The molecule has 0 radical (unpaired) electrons. The molecule has 12 heavy (non-hydrogen) atoms. The van der Waals surface area contributed by atoms with Crippen molar-refractivity contribution in [3.63, 3.8) is 0 Å². The molecule has 2 aromatic rings. The Bertz CT molecular complexity index is 386. The van der Waals surface area contributed by atoms with E-state index in [9.17, 15) is 0 Å². The number of thiophene rings is 1. The number of hydrogen-bond acceptors (Lipinski definition) is 3. The van der Waals surface area contributed by atoms with Crippen LogP contribution in [-0.2, 0) is 0 Å². The maximum Gasteiger partial charge on any atom is 0.0834 e. The van der Waals surface area contributed by atoms with Gasteiger partial charge in [0, 0.05) is 9.58 Å². The van der Waals surface area contributed by atoms with Gasteiger partial charge in [-0.3, -0.25) is 0 Å². The highest BCUT2D eigenvalue weighted by atomic mass is 32.1. The summed E-state index contributed by atoms with van der Waals surface area (Å²) in [6.07, 6.45) is 1.45. The van der Waals surface area contributed by atoms with Gasteiger partial charge in [0.15, 0.2) is 0 Å². The van der Waals surface area contributed by atoms with Gasteiger partial charge in [0.1, 0.15) is 0 Å². The lowest BCUT2D eigenvalue weighted by Gasteiger charge is -1.82. The van der Waals surface area contributed by atoms with E-state index in [0.29, 0.717) is 0 Å². The first-order chi connectivity index (χ1) is 5.90. The van der Waals surface area contributed by atoms with Crippen molar-refractivity contribution in [2.75, 3.05) is 0 Å². The molecule has 1 aromatic heterocycles. The Labute approximate surface area is 73.8 Å². The molecule has 1 N–H and O–H groups in total. The van der Waals surface area contributed by atoms with Crippen LogP contribution in [0.1, 0.15) is 4.88 Å². The number of oxime groups is 1. The lowest BCUT2D eigenvalue weighted by atomic mass is 10.2. The van der Waals surface area contributed by atoms with E-state index >= 15 is 0 Å². The Kier molecular flexibility index (Phi) is 1.80. The highest BCUT2D eigenvalue weighted by molar-refractivity contribution is 7.20. The highest BCUT2D eigenvalue weighted by Crippen LogP contribution is 2.23. The molecule has 3 heteroatoms. The summed E-state index contributed by atoms with van der Waals surface area (Å²) in [5, 5.41) is 12.5. The van der Waals surface area contributed by atoms with E-state index in [1.165, 1.54) is 16.3 Å². The summed E-state index contributed by atoms with van der Waals surface area (Å²) >= 11 is 1.61. The van der Waals surface area contributed by atoms with Crippen LogP contribution in [0.5, 0.6) is 0 Å². The largest absolute Gasteiger partial charge is 0.411 e. The molecule has 0 atom stereocenters. The molecule has 0 aliphatic rings. The molecule has 0 unspecified atom stereocenters. The van der Waals surface area contributed by atoms with Crippen LogP contribution in [-0.4, -0.2) is 11.4 Å². The van der Waals surface area contributed by atoms with Crippen LogP contribution in [0.15, 0.2) is 35.5 Å². The van der Waals surface area contributed by atoms with Gasteiger partial charge in [-0.15, -0.1) is 11.3 Å². The third-order valence-electron chi connectivity index (χ3n) is 1.63. The Morgan fingerprint density at radius 2 is 2.17 bits per heavy atom. The first-order valence-corrected chi connectivity index (χ1v) is 4.38. The van der Waals surface area contributed by atoms with Gasteiger partial charge in [-0.2, -0.15) is 0 Å². The van der Waals surface area contributed by atoms with E-state index in [-0.39, 0.29) is 0 Å². The molecular weight excluding hydrogens is 170 g/mol. The van der Waals surface area contributed by atoms with Crippen LogP contribution in [0.2, 0.25) is 0 Å². The van der Waals surface area contributed by atoms with Crippen LogP contribution >= 0.6 is 11.3 Å². The lowest BCUT2D eigenvalue weighted by molar-refractivity contribution is 0.322. The number of hydrogen-bond donors (Lipinski definition) is 1. The van der Waals surface area contributed by atoms with E-state index in [1.54, 1.807) is 11.3 Å². The number of fused-ring (bicyclic) bond motifs is 1. The molecule has 0 spiro atoms. The van der Waals surface area contributed by atoms with Crippen molar-refractivity contribution in [2.24, 2.45) is 5.16 Å². The molecule has 2 rings (SSSR count). The lowest BCUT2D eigenvalue weighted by Crippen LogP contribution is -1.68. The van der Waals surface area contributed by atoms with Crippen LogP contribution in [0, 0.1) is 0 Å². The van der Waals surface area contributed by atoms with E-state index in [4.69, 9.17) is 5.21 Å². The van der Waals surface area contributed by atoms with Crippen LogP contribution in [0.25, 0.3) is 10.1 Å². The predicted molar refractivity (Wildman–Crippen MR) is 51.2 cm³/mol. The maximum absolute atomic E-state index is 8.32. The summed E-state index contributed by atoms with van der Waals surface area (Å²) in [5.74, 6) is 0. The molecule has 60 valence electrons. The second kappa shape index (κ2) is 2.95. The molecule has 0 amide bonds. The molecule has 1 heterocycles. The Balaban J connectivity index is 2.62. The normalized spacial score (nSPS) is 11.3. The second-order valence-electron chi connectivity index (χ2n) is 2.43. The Morgan fingerprint density at radius 1 is 1.33 bits per heavy atom. The van der Waals surface area contributed by atoms with Crippen molar-refractivity contribution in [1.29, 1.82) is 0 Å². The molecule has 0 fully saturated rings. The van der Waals surface area contributed by atoms with Gasteiger partial charge in [-0.05, 0) is 17.5 Å². The monoisotopic (exact) mass is 177 g/mol. The summed E-state index contributed by atoms with van der Waals surface area (Å²) in [4.78, 5) is 0.971. The maximum atomic E-state index is 8.32. The number of nitrogens with zero attached hydrogens (tertiary/aromatic N) is 1. The smallest absolute Gasteiger partial charge is 0.0834 e. The zero-order valence-electron chi connectivity index (χ0n) is 6.27. The zero-order valence-corrected chi connectivity index (χ0v) is 7.08. The third kappa shape index (κ3) is 1.19. The van der Waals surface area contributed by atoms with Crippen molar-refractivity contribution < 1.29 is 5.21 Å². The minimum absolute atomic E-state index is 0.971. The summed E-state index contributed by atoms with van der Waals surface area (Å²) in [5.41, 5.74) is 0. The van der Waals surface area contributed by atoms with Crippen molar-refractivity contribution >= 4 is 27.6 Å². The van der Waals surface area contributed by atoms with Gasteiger partial charge in [-0.25, -0.2) is 0 Å². The molecule has 0 saturated heterocycles. The van der Waals surface area contributed by atoms with Crippen LogP contribution in [0.3, 0.4) is 0 Å². The summed E-state index contributed by atoms with van der Waals surface area (Å²) in [6, 6.07) is 10.1. The van der Waals surface area contributed by atoms with Crippen LogP contribution < -0.4 is 0 Å². The topological polar surface area (TPSA) is 32.6 Å². The van der Waals surface area contributed by atoms with E-state index in [2.05, 4.69) is 11.2 Å². The van der Waals surface area contributed by atoms with Crippen LogP contribution in [0.4, 0.5) is 0 Å². The molecule has 2 nitrogen and oxygen atoms in total. The second-order valence-corrected chi connectivity index (χ2v) is 3.55.